The average Bonchev–Trinajstić information content (AvgIpc) is 2.55. The zero-order valence-corrected chi connectivity index (χ0v) is 15.4. The fourth-order valence-electron chi connectivity index (χ4n) is 2.98. The number of nitro groups is 1. The summed E-state index contributed by atoms with van der Waals surface area (Å²) in [6, 6.07) is 5.75. The summed E-state index contributed by atoms with van der Waals surface area (Å²) in [6.45, 7) is 2.57. The Kier molecular flexibility index (Phi) is 5.75. The molecule has 1 aliphatic rings. The van der Waals surface area contributed by atoms with Gasteiger partial charge in [-0.1, -0.05) is 23.2 Å². The van der Waals surface area contributed by atoms with Gasteiger partial charge >= 0.3 is 5.69 Å². The van der Waals surface area contributed by atoms with E-state index in [1.807, 2.05) is 12.1 Å². The van der Waals surface area contributed by atoms with Crippen molar-refractivity contribution in [3.63, 3.8) is 0 Å². The van der Waals surface area contributed by atoms with Crippen molar-refractivity contribution in [3.05, 3.63) is 50.1 Å². The fourth-order valence-corrected chi connectivity index (χ4v) is 3.55. The van der Waals surface area contributed by atoms with Crippen LogP contribution in [0, 0.1) is 10.1 Å². The fraction of sp³-hybridized carbons (Fsp3) is 0.375. The lowest BCUT2D eigenvalue weighted by Crippen LogP contribution is -2.39. The molecule has 0 atom stereocenters. The van der Waals surface area contributed by atoms with Crippen molar-refractivity contribution in [1.82, 2.24) is 14.9 Å². The maximum atomic E-state index is 10.8. The Morgan fingerprint density at radius 2 is 1.92 bits per heavy atom. The van der Waals surface area contributed by atoms with Crippen molar-refractivity contribution < 1.29 is 4.92 Å². The third kappa shape index (κ3) is 4.72. The monoisotopic (exact) mass is 396 g/mol. The van der Waals surface area contributed by atoms with E-state index in [9.17, 15) is 10.1 Å². The second-order valence-electron chi connectivity index (χ2n) is 6.19. The number of piperidine rings is 1. The number of rotatable bonds is 5. The lowest BCUT2D eigenvalue weighted by atomic mass is 10.0. The van der Waals surface area contributed by atoms with Gasteiger partial charge < -0.3 is 11.1 Å². The van der Waals surface area contributed by atoms with Gasteiger partial charge in [-0.25, -0.2) is 4.98 Å². The highest BCUT2D eigenvalue weighted by molar-refractivity contribution is 6.34. The van der Waals surface area contributed by atoms with E-state index in [1.54, 1.807) is 6.07 Å². The molecule has 0 unspecified atom stereocenters. The van der Waals surface area contributed by atoms with Gasteiger partial charge in [-0.15, -0.1) is 0 Å². The molecule has 2 heterocycles. The maximum Gasteiger partial charge on any atom is 0.329 e. The number of aromatic nitrogens is 2. The number of likely N-dealkylation sites (tertiary alicyclic amines) is 1. The first-order valence-corrected chi connectivity index (χ1v) is 8.87. The smallest absolute Gasteiger partial charge is 0.329 e. The summed E-state index contributed by atoms with van der Waals surface area (Å²) < 4.78 is 0. The van der Waals surface area contributed by atoms with Gasteiger partial charge in [0.25, 0.3) is 0 Å². The summed E-state index contributed by atoms with van der Waals surface area (Å²) in [4.78, 5) is 20.4. The number of anilines is 2. The highest BCUT2D eigenvalue weighted by Crippen LogP contribution is 2.23. The average molecular weight is 397 g/mol. The number of benzene rings is 1. The third-order valence-corrected chi connectivity index (χ3v) is 4.68. The molecule has 1 saturated heterocycles. The Labute approximate surface area is 160 Å². The molecule has 8 nitrogen and oxygen atoms in total. The molecule has 1 fully saturated rings. The van der Waals surface area contributed by atoms with Gasteiger partial charge in [0.15, 0.2) is 0 Å². The molecule has 1 aromatic carbocycles. The number of hydrogen-bond acceptors (Lipinski definition) is 7. The van der Waals surface area contributed by atoms with Gasteiger partial charge in [-0.05, 0) is 36.6 Å². The zero-order valence-electron chi connectivity index (χ0n) is 13.9. The molecule has 138 valence electrons. The molecule has 0 spiro atoms. The summed E-state index contributed by atoms with van der Waals surface area (Å²) in [5.74, 6) is 0.177. The Morgan fingerprint density at radius 3 is 2.50 bits per heavy atom. The molecule has 3 rings (SSSR count). The molecule has 0 saturated carbocycles. The van der Waals surface area contributed by atoms with E-state index < -0.39 is 4.92 Å². The summed E-state index contributed by atoms with van der Waals surface area (Å²) >= 11 is 12.1. The Bertz CT molecular complexity index is 791. The molecule has 2 aromatic rings. The second kappa shape index (κ2) is 8.03. The maximum absolute atomic E-state index is 10.8. The Hall–Kier alpha value is -2.16. The molecule has 1 aliphatic heterocycles. The first-order valence-electron chi connectivity index (χ1n) is 8.11. The van der Waals surface area contributed by atoms with Crippen LogP contribution < -0.4 is 11.1 Å². The number of nitrogens with one attached hydrogen (secondary N) is 1. The van der Waals surface area contributed by atoms with E-state index in [-0.39, 0.29) is 17.5 Å². The second-order valence-corrected chi connectivity index (χ2v) is 7.07. The predicted octanol–water partition coefficient (Wildman–Crippen LogP) is 3.35. The Morgan fingerprint density at radius 1 is 1.27 bits per heavy atom. The first-order chi connectivity index (χ1) is 12.4. The van der Waals surface area contributed by atoms with Crippen LogP contribution in [0.3, 0.4) is 0 Å². The summed E-state index contributed by atoms with van der Waals surface area (Å²) in [5.41, 5.74) is 6.39. The summed E-state index contributed by atoms with van der Waals surface area (Å²) in [7, 11) is 0. The first kappa shape index (κ1) is 18.6. The zero-order chi connectivity index (χ0) is 18.7. The number of hydrogen-bond donors (Lipinski definition) is 2. The van der Waals surface area contributed by atoms with Crippen molar-refractivity contribution in [2.75, 3.05) is 24.1 Å². The normalized spacial score (nSPS) is 15.8. The van der Waals surface area contributed by atoms with E-state index in [0.29, 0.717) is 16.0 Å². The quantitative estimate of drug-likeness (QED) is 0.588. The number of nitrogen functional groups attached to an aromatic ring is 1. The van der Waals surface area contributed by atoms with E-state index in [2.05, 4.69) is 20.2 Å². The molecular formula is C16H18Cl2N6O2. The summed E-state index contributed by atoms with van der Waals surface area (Å²) in [5, 5.41) is 15.2. The number of nitrogens with zero attached hydrogens (tertiary/aromatic N) is 4. The van der Waals surface area contributed by atoms with E-state index in [1.165, 1.54) is 0 Å². The lowest BCUT2D eigenvalue weighted by Gasteiger charge is -2.32. The van der Waals surface area contributed by atoms with E-state index in [0.717, 1.165) is 44.2 Å². The predicted molar refractivity (Wildman–Crippen MR) is 101 cm³/mol. The van der Waals surface area contributed by atoms with Gasteiger partial charge in [0.2, 0.25) is 11.8 Å². The van der Waals surface area contributed by atoms with Crippen molar-refractivity contribution in [1.29, 1.82) is 0 Å². The van der Waals surface area contributed by atoms with E-state index in [4.69, 9.17) is 28.9 Å². The van der Waals surface area contributed by atoms with Crippen molar-refractivity contribution >= 4 is 40.7 Å². The minimum Gasteiger partial charge on any atom is -0.378 e. The molecule has 0 aliphatic carbocycles. The topological polar surface area (TPSA) is 110 Å². The molecule has 26 heavy (non-hydrogen) atoms. The summed E-state index contributed by atoms with van der Waals surface area (Å²) in [6.07, 6.45) is 2.92. The molecule has 0 radical (unpaired) electrons. The number of nitrogens with two attached hydrogens (primary N) is 1. The van der Waals surface area contributed by atoms with Crippen molar-refractivity contribution in [2.45, 2.75) is 25.4 Å². The van der Waals surface area contributed by atoms with Crippen LogP contribution in [0.4, 0.5) is 17.5 Å². The third-order valence-electron chi connectivity index (χ3n) is 4.24. The molecule has 1 aromatic heterocycles. The minimum absolute atomic E-state index is 0.136. The van der Waals surface area contributed by atoms with Crippen LogP contribution in [0.25, 0.3) is 0 Å². The van der Waals surface area contributed by atoms with Crippen LogP contribution in [0.15, 0.2) is 24.4 Å². The SMILES string of the molecule is Nc1nc(NC2CCN(Cc3cc(Cl)cc(Cl)c3)CC2)ncc1[N+](=O)[O-]. The highest BCUT2D eigenvalue weighted by atomic mass is 35.5. The van der Waals surface area contributed by atoms with Crippen LogP contribution in [0.2, 0.25) is 10.0 Å². The Balaban J connectivity index is 1.54. The van der Waals surface area contributed by atoms with Crippen LogP contribution in [0.5, 0.6) is 0 Å². The van der Waals surface area contributed by atoms with Gasteiger partial charge in [-0.3, -0.25) is 15.0 Å². The molecule has 10 heteroatoms. The van der Waals surface area contributed by atoms with Crippen molar-refractivity contribution in [3.8, 4) is 0 Å². The van der Waals surface area contributed by atoms with E-state index >= 15 is 0 Å². The minimum atomic E-state index is -0.598. The molecular weight excluding hydrogens is 379 g/mol. The van der Waals surface area contributed by atoms with Crippen LogP contribution in [-0.2, 0) is 6.54 Å². The largest absolute Gasteiger partial charge is 0.378 e. The lowest BCUT2D eigenvalue weighted by molar-refractivity contribution is -0.384. The van der Waals surface area contributed by atoms with Crippen molar-refractivity contribution in [2.24, 2.45) is 0 Å². The van der Waals surface area contributed by atoms with Crippen LogP contribution in [-0.4, -0.2) is 38.9 Å². The molecule has 0 bridgehead atoms. The number of halogens is 2. The molecule has 3 N–H and O–H groups in total. The van der Waals surface area contributed by atoms with Gasteiger partial charge in [0.05, 0.1) is 4.92 Å². The standard InChI is InChI=1S/C16H18Cl2N6O2/c17-11-5-10(6-12(18)7-11)9-23-3-1-13(2-4-23)21-16-20-8-14(24(25)26)15(19)22-16/h5-8,13H,1-4,9H2,(H3,19,20,21,22). The highest BCUT2D eigenvalue weighted by Gasteiger charge is 2.21. The molecule has 0 amide bonds. The van der Waals surface area contributed by atoms with Gasteiger partial charge in [-0.2, -0.15) is 4.98 Å². The van der Waals surface area contributed by atoms with Crippen LogP contribution >= 0.6 is 23.2 Å². The van der Waals surface area contributed by atoms with Crippen LogP contribution in [0.1, 0.15) is 18.4 Å². The van der Waals surface area contributed by atoms with Gasteiger partial charge in [0.1, 0.15) is 6.20 Å². The van der Waals surface area contributed by atoms with Gasteiger partial charge in [0, 0.05) is 35.7 Å².